The van der Waals surface area contributed by atoms with E-state index in [1.165, 1.54) is 39.0 Å². The third kappa shape index (κ3) is 21.7. The molecule has 0 aliphatic carbocycles. The van der Waals surface area contributed by atoms with Crippen LogP contribution >= 0.6 is 0 Å². The van der Waals surface area contributed by atoms with Crippen LogP contribution in [0.15, 0.2) is 187 Å². The molecule has 344 valence electrons. The van der Waals surface area contributed by atoms with Crippen molar-refractivity contribution in [3.8, 4) is 0 Å². The van der Waals surface area contributed by atoms with Gasteiger partial charge in [-0.15, -0.1) is 0 Å². The zero-order chi connectivity index (χ0) is 48.3. The summed E-state index contributed by atoms with van der Waals surface area (Å²) in [5.41, 5.74) is 13.1. The summed E-state index contributed by atoms with van der Waals surface area (Å²) in [6.07, 6.45) is 16.0. The fourth-order valence-electron chi connectivity index (χ4n) is 5.62. The zero-order valence-electron chi connectivity index (χ0n) is 38.6. The SMILES string of the molecule is CC(=O)C(Cc1cnccn1)N=C(c1ccccc1)c1ccccc1.CC(=O)C(N)Cc1cnccn1.CC(=O)[CH-]N=C(c1ccccc1)c1ccccc1.CS(=O)(=O)OCc1cnccn1.[Na+]. The molecule has 68 heavy (non-hydrogen) atoms. The van der Waals surface area contributed by atoms with Crippen LogP contribution in [0.2, 0.25) is 0 Å². The number of carbonyl (C=O) groups excluding carboxylic acids is 3. The summed E-state index contributed by atoms with van der Waals surface area (Å²) >= 11 is 0. The van der Waals surface area contributed by atoms with Crippen LogP contribution in [0.3, 0.4) is 0 Å². The van der Waals surface area contributed by atoms with Crippen LogP contribution in [0.4, 0.5) is 0 Å². The number of nitrogens with two attached hydrogens (primary N) is 1. The van der Waals surface area contributed by atoms with Crippen molar-refractivity contribution in [2.75, 3.05) is 6.26 Å². The molecule has 0 bridgehead atoms. The summed E-state index contributed by atoms with van der Waals surface area (Å²) in [6.45, 7) is 5.83. The van der Waals surface area contributed by atoms with Crippen molar-refractivity contribution in [1.82, 2.24) is 29.9 Å². The molecule has 0 spiro atoms. The van der Waals surface area contributed by atoms with E-state index in [-0.39, 0.29) is 53.5 Å². The van der Waals surface area contributed by atoms with Gasteiger partial charge in [0, 0.05) is 73.5 Å². The minimum Gasteiger partial charge on any atom is -0.438 e. The van der Waals surface area contributed by atoms with Crippen molar-refractivity contribution in [2.24, 2.45) is 15.7 Å². The van der Waals surface area contributed by atoms with Crippen molar-refractivity contribution in [3.63, 3.8) is 0 Å². The summed E-state index contributed by atoms with van der Waals surface area (Å²) in [5.74, 6) is -0.0740. The molecule has 2 atom stereocenters. The van der Waals surface area contributed by atoms with Gasteiger partial charge in [0.2, 0.25) is 0 Å². The Bertz CT molecular complexity index is 2650. The van der Waals surface area contributed by atoms with E-state index in [1.807, 2.05) is 121 Å². The molecule has 0 aliphatic heterocycles. The molecule has 0 saturated heterocycles. The second-order valence-corrected chi connectivity index (χ2v) is 16.1. The molecule has 7 rings (SSSR count). The fourth-order valence-corrected chi connectivity index (χ4v) is 5.95. The molecular weight excluding hydrogens is 890 g/mol. The van der Waals surface area contributed by atoms with Gasteiger partial charge in [-0.05, 0) is 20.8 Å². The standard InChI is InChI=1S/C21H19N3O.C16H14NO.C8H11N3O.C6H8N2O3S.Na/c1-16(25)20(14-19-15-22-12-13-23-19)24-21(17-8-4-2-5-9-17)18-10-6-3-7-11-18;1-13(18)12-17-16(14-8-4-2-5-9-14)15-10-6-3-7-11-15;1-6(12)8(9)4-7-5-10-2-3-11-7;1-12(9,10)11-5-6-4-7-2-3-8-6;/h2-13,15,20H,14H2,1H3;2-12H,1H3;2-3,5,8H,4,9H2,1H3;2-4H,5H2,1H3;/q;-1;;;+1. The largest absolute Gasteiger partial charge is 1.00 e. The molecular formula is C51H52N9NaO6S. The summed E-state index contributed by atoms with van der Waals surface area (Å²) in [6, 6.07) is 38.6. The maximum absolute atomic E-state index is 12.2. The van der Waals surface area contributed by atoms with Gasteiger partial charge in [-0.3, -0.25) is 48.7 Å². The van der Waals surface area contributed by atoms with Crippen LogP contribution < -0.4 is 35.3 Å². The second-order valence-electron chi connectivity index (χ2n) is 14.5. The Kier molecular flexibility index (Phi) is 24.9. The van der Waals surface area contributed by atoms with E-state index in [9.17, 15) is 22.8 Å². The van der Waals surface area contributed by atoms with Gasteiger partial charge in [0.05, 0.1) is 47.1 Å². The summed E-state index contributed by atoms with van der Waals surface area (Å²) in [7, 11) is -3.39. The number of carbonyl (C=O) groups is 3. The fraction of sp³-hybridized carbons (Fsp3) is 0.176. The van der Waals surface area contributed by atoms with Crippen LogP contribution in [0.25, 0.3) is 0 Å². The molecule has 2 N–H and O–H groups in total. The zero-order valence-corrected chi connectivity index (χ0v) is 41.4. The van der Waals surface area contributed by atoms with Gasteiger partial charge in [0.1, 0.15) is 18.4 Å². The first-order valence-electron chi connectivity index (χ1n) is 20.9. The second kappa shape index (κ2) is 30.5. The van der Waals surface area contributed by atoms with Gasteiger partial charge in [-0.1, -0.05) is 145 Å². The van der Waals surface area contributed by atoms with E-state index in [0.717, 1.165) is 51.3 Å². The van der Waals surface area contributed by atoms with Crippen LogP contribution in [0.5, 0.6) is 0 Å². The van der Waals surface area contributed by atoms with Gasteiger partial charge in [0.25, 0.3) is 10.1 Å². The Morgan fingerprint density at radius 1 is 0.574 bits per heavy atom. The third-order valence-electron chi connectivity index (χ3n) is 8.94. The molecule has 7 aromatic rings. The predicted molar refractivity (Wildman–Crippen MR) is 258 cm³/mol. The average molecular weight is 942 g/mol. The van der Waals surface area contributed by atoms with E-state index < -0.39 is 22.2 Å². The number of Topliss-reactive ketones (excluding diaryl/α,β-unsaturated/α-hetero) is 3. The van der Waals surface area contributed by atoms with Crippen molar-refractivity contribution < 1.29 is 56.5 Å². The number of aromatic nitrogens is 6. The number of benzene rings is 4. The van der Waals surface area contributed by atoms with E-state index in [0.29, 0.717) is 18.5 Å². The van der Waals surface area contributed by atoms with E-state index >= 15 is 0 Å². The number of nitrogens with zero attached hydrogens (tertiary/aromatic N) is 8. The normalized spacial score (nSPS) is 11.0. The molecule has 15 nitrogen and oxygen atoms in total. The Labute approximate surface area is 420 Å². The average Bonchev–Trinajstić information content (AvgIpc) is 3.34. The summed E-state index contributed by atoms with van der Waals surface area (Å²) in [5, 5.41) is 0. The predicted octanol–water partition coefficient (Wildman–Crippen LogP) is 3.68. The Balaban J connectivity index is 0.000000251. The summed E-state index contributed by atoms with van der Waals surface area (Å²) < 4.78 is 25.6. The number of rotatable bonds is 16. The number of hydrogen-bond donors (Lipinski definition) is 1. The van der Waals surface area contributed by atoms with Gasteiger partial charge in [-0.25, -0.2) is 0 Å². The molecule has 0 fully saturated rings. The van der Waals surface area contributed by atoms with Crippen LogP contribution in [-0.4, -0.2) is 85.4 Å². The Hall–Kier alpha value is -6.79. The van der Waals surface area contributed by atoms with Crippen molar-refractivity contribution >= 4 is 38.9 Å². The Morgan fingerprint density at radius 2 is 0.956 bits per heavy atom. The molecule has 0 amide bonds. The van der Waals surface area contributed by atoms with E-state index in [1.54, 1.807) is 44.1 Å². The minimum absolute atomic E-state index is 0. The van der Waals surface area contributed by atoms with Gasteiger partial charge in [0.15, 0.2) is 5.78 Å². The van der Waals surface area contributed by atoms with Crippen LogP contribution in [0, 0.1) is 6.54 Å². The molecule has 0 radical (unpaired) electrons. The Morgan fingerprint density at radius 3 is 1.29 bits per heavy atom. The van der Waals surface area contributed by atoms with Crippen LogP contribution in [-0.2, 0) is 48.1 Å². The topological polar surface area (TPSA) is 223 Å². The molecule has 3 heterocycles. The summed E-state index contributed by atoms with van der Waals surface area (Å²) in [4.78, 5) is 66.9. The van der Waals surface area contributed by atoms with Gasteiger partial charge in [-0.2, -0.15) is 8.42 Å². The van der Waals surface area contributed by atoms with Gasteiger partial charge >= 0.3 is 29.6 Å². The van der Waals surface area contributed by atoms with Crippen molar-refractivity contribution in [3.05, 3.63) is 223 Å². The van der Waals surface area contributed by atoms with Crippen LogP contribution in [0.1, 0.15) is 60.1 Å². The number of ketones is 3. The van der Waals surface area contributed by atoms with Crippen molar-refractivity contribution in [2.45, 2.75) is 52.3 Å². The molecule has 3 aromatic heterocycles. The van der Waals surface area contributed by atoms with Gasteiger partial charge < -0.3 is 15.5 Å². The molecule has 0 saturated carbocycles. The van der Waals surface area contributed by atoms with E-state index in [2.05, 4.69) is 39.1 Å². The molecule has 2 unspecified atom stereocenters. The minimum atomic E-state index is -3.39. The van der Waals surface area contributed by atoms with E-state index in [4.69, 9.17) is 10.7 Å². The first-order valence-corrected chi connectivity index (χ1v) is 22.7. The number of hydrogen-bond acceptors (Lipinski definition) is 15. The maximum Gasteiger partial charge on any atom is 1.00 e. The molecule has 0 aliphatic rings. The smallest absolute Gasteiger partial charge is 0.438 e. The molecule has 17 heteroatoms. The first-order chi connectivity index (χ1) is 32.3. The number of aliphatic imine (C=N–C) groups is 2. The monoisotopic (exact) mass is 941 g/mol. The third-order valence-corrected chi connectivity index (χ3v) is 9.49. The molecule has 4 aromatic carbocycles. The van der Waals surface area contributed by atoms with Crippen molar-refractivity contribution in [1.29, 1.82) is 0 Å². The quantitative estimate of drug-likeness (QED) is 0.0633. The maximum atomic E-state index is 12.2. The first kappa shape index (κ1) is 55.5.